The molecule has 0 saturated heterocycles. The third-order valence-electron chi connectivity index (χ3n) is 2.82. The second-order valence-electron chi connectivity index (χ2n) is 4.36. The molecule has 0 spiro atoms. The highest BCUT2D eigenvalue weighted by Gasteiger charge is 2.25. The first-order chi connectivity index (χ1) is 9.52. The summed E-state index contributed by atoms with van der Waals surface area (Å²) >= 11 is 0. The molecule has 2 rings (SSSR count). The highest BCUT2D eigenvalue weighted by molar-refractivity contribution is 5.90. The van der Waals surface area contributed by atoms with Gasteiger partial charge in [0.2, 0.25) is 0 Å². The lowest BCUT2D eigenvalue weighted by Gasteiger charge is -1.91. The minimum absolute atomic E-state index is 0.00597. The molecule has 0 atom stereocenters. The van der Waals surface area contributed by atoms with Crippen LogP contribution in [-0.4, -0.2) is 29.2 Å². The van der Waals surface area contributed by atoms with E-state index in [-0.39, 0.29) is 5.69 Å². The third-order valence-corrected chi connectivity index (χ3v) is 2.82. The molecule has 0 radical (unpaired) electrons. The summed E-state index contributed by atoms with van der Waals surface area (Å²) in [6.07, 6.45) is 1.55. The average molecular weight is 274 g/mol. The van der Waals surface area contributed by atoms with Gasteiger partial charge in [0.05, 0.1) is 6.21 Å². The van der Waals surface area contributed by atoms with Gasteiger partial charge < -0.3 is 5.32 Å². The van der Waals surface area contributed by atoms with Gasteiger partial charge in [0.15, 0.2) is 0 Å². The Kier molecular flexibility index (Phi) is 3.79. The van der Waals surface area contributed by atoms with Crippen molar-refractivity contribution in [1.29, 1.82) is 0 Å². The van der Waals surface area contributed by atoms with Crippen molar-refractivity contribution in [3.8, 4) is 0 Å². The molecule has 7 heteroatoms. The summed E-state index contributed by atoms with van der Waals surface area (Å²) in [5.74, 6) is -0.460. The van der Waals surface area contributed by atoms with Gasteiger partial charge in [0.25, 0.3) is 0 Å². The van der Waals surface area contributed by atoms with Crippen LogP contribution in [0, 0.1) is 6.92 Å². The lowest BCUT2D eigenvalue weighted by Crippen LogP contribution is -2.42. The number of hydrogen-bond donors (Lipinski definition) is 2. The van der Waals surface area contributed by atoms with Crippen molar-refractivity contribution < 1.29 is 9.48 Å². The van der Waals surface area contributed by atoms with Crippen molar-refractivity contribution in [1.82, 2.24) is 15.3 Å². The molecule has 1 amide bonds. The van der Waals surface area contributed by atoms with E-state index in [1.807, 2.05) is 31.2 Å². The van der Waals surface area contributed by atoms with Crippen LogP contribution in [0.5, 0.6) is 0 Å². The zero-order valence-electron chi connectivity index (χ0n) is 11.5. The number of aryl methyl sites for hydroxylation is 2. The van der Waals surface area contributed by atoms with Crippen molar-refractivity contribution in [3.63, 3.8) is 0 Å². The van der Waals surface area contributed by atoms with Gasteiger partial charge in [-0.2, -0.15) is 4.68 Å². The Morgan fingerprint density at radius 2 is 2.05 bits per heavy atom. The monoisotopic (exact) mass is 274 g/mol. The molecule has 1 aromatic heterocycles. The number of hydrogen-bond acceptors (Lipinski definition) is 3. The molecule has 0 saturated carbocycles. The highest BCUT2D eigenvalue weighted by Crippen LogP contribution is 2.00. The van der Waals surface area contributed by atoms with Crippen LogP contribution in [-0.2, 0) is 7.05 Å². The fourth-order valence-electron chi connectivity index (χ4n) is 1.70. The topological polar surface area (TPSA) is 83.1 Å². The quantitative estimate of drug-likeness (QED) is 0.587. The number of carbonyl (C=O) groups is 1. The van der Waals surface area contributed by atoms with Gasteiger partial charge in [-0.1, -0.05) is 40.1 Å². The number of H-pyrrole nitrogens is 1. The fourth-order valence-corrected chi connectivity index (χ4v) is 1.70. The van der Waals surface area contributed by atoms with E-state index in [2.05, 4.69) is 15.6 Å². The van der Waals surface area contributed by atoms with E-state index in [1.165, 1.54) is 11.7 Å². The Hall–Kier alpha value is -2.70. The fraction of sp³-hybridized carbons (Fsp3) is 0.231. The standard InChI is InChI=1S/C13H15N5O2/c1-9-4-6-10(7-5-9)8-15-18-13(20)11(12(19)14-2)17(3)16-18/h4-8H,1-3H3,(H-,14,16,19,20)/p+1/b15-8-. The number of aromatic amines is 1. The second kappa shape index (κ2) is 5.52. The molecule has 2 N–H and O–H groups in total. The normalized spacial score (nSPS) is 10.9. The molecule has 0 aliphatic heterocycles. The van der Waals surface area contributed by atoms with E-state index in [0.717, 1.165) is 15.9 Å². The summed E-state index contributed by atoms with van der Waals surface area (Å²) in [5, 5.41) is 9.11. The molecule has 104 valence electrons. The summed E-state index contributed by atoms with van der Waals surface area (Å²) in [6, 6.07) is 7.70. The first kappa shape index (κ1) is 13.7. The van der Waals surface area contributed by atoms with Crippen molar-refractivity contribution in [2.45, 2.75) is 6.92 Å². The zero-order valence-corrected chi connectivity index (χ0v) is 11.5. The molecule has 0 unspecified atom stereocenters. The maximum absolute atomic E-state index is 12.0. The molecule has 0 aliphatic carbocycles. The first-order valence-corrected chi connectivity index (χ1v) is 6.07. The predicted octanol–water partition coefficient (Wildman–Crippen LogP) is -0.449. The lowest BCUT2D eigenvalue weighted by atomic mass is 10.2. The van der Waals surface area contributed by atoms with Gasteiger partial charge in [-0.15, -0.1) is 0 Å². The molecular weight excluding hydrogens is 258 g/mol. The molecule has 7 nitrogen and oxygen atoms in total. The molecule has 0 bridgehead atoms. The molecule has 2 aromatic rings. The Bertz CT molecular complexity index is 709. The molecular formula is C13H16N5O2+. The summed E-state index contributed by atoms with van der Waals surface area (Å²) in [7, 11) is 3.04. The SMILES string of the molecule is CNC(=O)c1c(=O)n(/N=C\c2ccc(C)cc2)[nH][n+]1C. The third kappa shape index (κ3) is 2.66. The van der Waals surface area contributed by atoms with E-state index < -0.39 is 11.5 Å². The van der Waals surface area contributed by atoms with Crippen molar-refractivity contribution in [2.24, 2.45) is 12.1 Å². The molecule has 1 aromatic carbocycles. The van der Waals surface area contributed by atoms with Crippen LogP contribution >= 0.6 is 0 Å². The second-order valence-corrected chi connectivity index (χ2v) is 4.36. The maximum Gasteiger partial charge on any atom is 0.432 e. The minimum Gasteiger partial charge on any atom is -0.352 e. The van der Waals surface area contributed by atoms with Crippen LogP contribution in [0.3, 0.4) is 0 Å². The van der Waals surface area contributed by atoms with Gasteiger partial charge in [0, 0.05) is 11.8 Å². The summed E-state index contributed by atoms with van der Waals surface area (Å²) in [4.78, 5) is 24.6. The Balaban J connectivity index is 2.33. The van der Waals surface area contributed by atoms with Crippen LogP contribution < -0.4 is 15.6 Å². The van der Waals surface area contributed by atoms with Gasteiger partial charge in [0.1, 0.15) is 7.05 Å². The van der Waals surface area contributed by atoms with E-state index in [4.69, 9.17) is 0 Å². The number of nitrogens with zero attached hydrogens (tertiary/aromatic N) is 3. The van der Waals surface area contributed by atoms with Crippen LogP contribution in [0.4, 0.5) is 0 Å². The maximum atomic E-state index is 12.0. The Morgan fingerprint density at radius 1 is 1.40 bits per heavy atom. The molecule has 1 heterocycles. The van der Waals surface area contributed by atoms with Crippen molar-refractivity contribution >= 4 is 12.1 Å². The highest BCUT2D eigenvalue weighted by atomic mass is 16.2. The van der Waals surface area contributed by atoms with Gasteiger partial charge >= 0.3 is 17.2 Å². The Labute approximate surface area is 115 Å². The van der Waals surface area contributed by atoms with Gasteiger partial charge in [-0.05, 0) is 12.5 Å². The molecule has 20 heavy (non-hydrogen) atoms. The number of rotatable bonds is 3. The largest absolute Gasteiger partial charge is 0.432 e. The summed E-state index contributed by atoms with van der Waals surface area (Å²) < 4.78 is 1.33. The zero-order chi connectivity index (χ0) is 14.7. The lowest BCUT2D eigenvalue weighted by molar-refractivity contribution is -0.734. The number of carbonyl (C=O) groups excluding carboxylic acids is 1. The van der Waals surface area contributed by atoms with E-state index in [0.29, 0.717) is 0 Å². The van der Waals surface area contributed by atoms with Gasteiger partial charge in [-0.25, -0.2) is 4.79 Å². The van der Waals surface area contributed by atoms with Crippen LogP contribution in [0.15, 0.2) is 34.2 Å². The minimum atomic E-state index is -0.504. The Morgan fingerprint density at radius 3 is 2.65 bits per heavy atom. The van der Waals surface area contributed by atoms with Crippen molar-refractivity contribution in [2.75, 3.05) is 7.05 Å². The van der Waals surface area contributed by atoms with Crippen molar-refractivity contribution in [3.05, 3.63) is 51.4 Å². The van der Waals surface area contributed by atoms with E-state index in [9.17, 15) is 9.59 Å². The molecule has 0 aliphatic rings. The van der Waals surface area contributed by atoms with E-state index in [1.54, 1.807) is 13.3 Å². The van der Waals surface area contributed by atoms with Crippen LogP contribution in [0.2, 0.25) is 0 Å². The summed E-state index contributed by atoms with van der Waals surface area (Å²) in [5.41, 5.74) is 1.50. The predicted molar refractivity (Wildman–Crippen MR) is 73.8 cm³/mol. The smallest absolute Gasteiger partial charge is 0.352 e. The van der Waals surface area contributed by atoms with Crippen LogP contribution in [0.25, 0.3) is 0 Å². The van der Waals surface area contributed by atoms with E-state index >= 15 is 0 Å². The number of benzene rings is 1. The number of nitrogens with one attached hydrogen (secondary N) is 2. The average Bonchev–Trinajstić information content (AvgIpc) is 2.72. The molecule has 0 fully saturated rings. The van der Waals surface area contributed by atoms with Crippen LogP contribution in [0.1, 0.15) is 21.6 Å². The summed E-state index contributed by atoms with van der Waals surface area (Å²) in [6.45, 7) is 1.99. The first-order valence-electron chi connectivity index (χ1n) is 6.07. The number of amides is 1. The number of aromatic nitrogens is 3. The van der Waals surface area contributed by atoms with Gasteiger partial charge in [-0.3, -0.25) is 4.79 Å².